The van der Waals surface area contributed by atoms with E-state index >= 15 is 0 Å². The van der Waals surface area contributed by atoms with Gasteiger partial charge in [-0.1, -0.05) is 48.0 Å². The third-order valence-corrected chi connectivity index (χ3v) is 4.39. The molecule has 0 aliphatic carbocycles. The van der Waals surface area contributed by atoms with Crippen LogP contribution in [-0.4, -0.2) is 22.1 Å². The number of hydrazone groups is 1. The zero-order valence-electron chi connectivity index (χ0n) is 15.3. The molecule has 5 nitrogen and oxygen atoms in total. The van der Waals surface area contributed by atoms with Crippen molar-refractivity contribution < 1.29 is 4.79 Å². The number of pyridine rings is 2. The van der Waals surface area contributed by atoms with Crippen LogP contribution >= 0.6 is 0 Å². The van der Waals surface area contributed by atoms with Crippen molar-refractivity contribution in [2.45, 2.75) is 6.92 Å². The number of amides is 1. The van der Waals surface area contributed by atoms with Crippen LogP contribution in [0.1, 0.15) is 21.5 Å². The monoisotopic (exact) mass is 366 g/mol. The van der Waals surface area contributed by atoms with Crippen LogP contribution < -0.4 is 5.43 Å². The summed E-state index contributed by atoms with van der Waals surface area (Å²) in [5, 5.41) is 4.85. The standard InChI is InChI=1S/C23H18N4O/c1-16-6-8-18(9-7-16)22-14-20(19-4-2-3-5-21(19)26-22)23(28)27-25-15-17-10-12-24-13-11-17/h2-15H,1H3,(H,27,28)/b25-15+. The number of fused-ring (bicyclic) bond motifs is 1. The molecule has 2 aromatic heterocycles. The number of benzene rings is 2. The van der Waals surface area contributed by atoms with Gasteiger partial charge in [0, 0.05) is 23.3 Å². The lowest BCUT2D eigenvalue weighted by molar-refractivity contribution is 0.0956. The summed E-state index contributed by atoms with van der Waals surface area (Å²) in [4.78, 5) is 21.5. The maximum Gasteiger partial charge on any atom is 0.272 e. The van der Waals surface area contributed by atoms with Gasteiger partial charge in [-0.25, -0.2) is 10.4 Å². The first-order valence-electron chi connectivity index (χ1n) is 8.91. The molecule has 1 amide bonds. The zero-order valence-corrected chi connectivity index (χ0v) is 15.3. The second kappa shape index (κ2) is 7.80. The molecule has 2 aromatic carbocycles. The van der Waals surface area contributed by atoms with Crippen LogP contribution in [0.25, 0.3) is 22.2 Å². The summed E-state index contributed by atoms with van der Waals surface area (Å²) < 4.78 is 0. The molecule has 4 rings (SSSR count). The maximum atomic E-state index is 12.8. The van der Waals surface area contributed by atoms with Gasteiger partial charge >= 0.3 is 0 Å². The van der Waals surface area contributed by atoms with Crippen molar-refractivity contribution >= 4 is 23.0 Å². The summed E-state index contributed by atoms with van der Waals surface area (Å²) in [6.45, 7) is 2.04. The predicted molar refractivity (Wildman–Crippen MR) is 111 cm³/mol. The summed E-state index contributed by atoms with van der Waals surface area (Å²) in [6, 6.07) is 21.1. The Labute approximate surface area is 162 Å². The fourth-order valence-corrected chi connectivity index (χ4v) is 2.91. The van der Waals surface area contributed by atoms with E-state index in [1.54, 1.807) is 18.6 Å². The topological polar surface area (TPSA) is 67.2 Å². The summed E-state index contributed by atoms with van der Waals surface area (Å²) in [7, 11) is 0. The molecule has 4 aromatic rings. The molecular weight excluding hydrogens is 348 g/mol. The van der Waals surface area contributed by atoms with Crippen molar-refractivity contribution in [1.82, 2.24) is 15.4 Å². The summed E-state index contributed by atoms with van der Waals surface area (Å²) in [5.41, 5.74) is 7.66. The van der Waals surface area contributed by atoms with Crippen LogP contribution in [0.3, 0.4) is 0 Å². The van der Waals surface area contributed by atoms with Crippen LogP contribution in [0.5, 0.6) is 0 Å². The van der Waals surface area contributed by atoms with E-state index in [1.807, 2.05) is 73.7 Å². The number of hydrogen-bond donors (Lipinski definition) is 1. The normalized spacial score (nSPS) is 11.0. The fourth-order valence-electron chi connectivity index (χ4n) is 2.91. The van der Waals surface area contributed by atoms with Crippen LogP contribution in [0.2, 0.25) is 0 Å². The highest BCUT2D eigenvalue weighted by atomic mass is 16.2. The average Bonchev–Trinajstić information content (AvgIpc) is 2.74. The lowest BCUT2D eigenvalue weighted by atomic mass is 10.0. The molecule has 0 atom stereocenters. The number of hydrogen-bond acceptors (Lipinski definition) is 4. The summed E-state index contributed by atoms with van der Waals surface area (Å²) in [5.74, 6) is -0.280. The van der Waals surface area contributed by atoms with Crippen molar-refractivity contribution in [3.05, 3.63) is 95.8 Å². The third-order valence-electron chi connectivity index (χ3n) is 4.39. The molecule has 2 heterocycles. The van der Waals surface area contributed by atoms with Gasteiger partial charge in [-0.2, -0.15) is 5.10 Å². The number of carbonyl (C=O) groups is 1. The van der Waals surface area contributed by atoms with E-state index in [1.165, 1.54) is 5.56 Å². The minimum Gasteiger partial charge on any atom is -0.267 e. The molecule has 0 bridgehead atoms. The zero-order chi connectivity index (χ0) is 19.3. The first kappa shape index (κ1) is 17.5. The van der Waals surface area contributed by atoms with Crippen molar-refractivity contribution in [2.75, 3.05) is 0 Å². The smallest absolute Gasteiger partial charge is 0.267 e. The van der Waals surface area contributed by atoms with Crippen LogP contribution in [0.15, 0.2) is 84.2 Å². The molecule has 136 valence electrons. The number of nitrogens with one attached hydrogen (secondary N) is 1. The average molecular weight is 366 g/mol. The molecule has 0 aliphatic rings. The minimum atomic E-state index is -0.280. The van der Waals surface area contributed by atoms with Crippen LogP contribution in [0, 0.1) is 6.92 Å². The molecule has 0 radical (unpaired) electrons. The number of nitrogens with zero attached hydrogens (tertiary/aromatic N) is 3. The van der Waals surface area contributed by atoms with Crippen molar-refractivity contribution in [2.24, 2.45) is 5.10 Å². The van der Waals surface area contributed by atoms with E-state index in [0.29, 0.717) is 5.56 Å². The van der Waals surface area contributed by atoms with E-state index in [9.17, 15) is 4.79 Å². The molecule has 0 unspecified atom stereocenters. The predicted octanol–water partition coefficient (Wildman–Crippen LogP) is 4.37. The van der Waals surface area contributed by atoms with E-state index in [-0.39, 0.29) is 5.91 Å². The molecule has 5 heteroatoms. The largest absolute Gasteiger partial charge is 0.272 e. The van der Waals surface area contributed by atoms with E-state index in [4.69, 9.17) is 4.98 Å². The Bertz CT molecular complexity index is 1150. The Hall–Kier alpha value is -3.86. The number of para-hydroxylation sites is 1. The van der Waals surface area contributed by atoms with E-state index in [0.717, 1.165) is 27.7 Å². The molecule has 0 saturated carbocycles. The van der Waals surface area contributed by atoms with Crippen molar-refractivity contribution in [3.63, 3.8) is 0 Å². The van der Waals surface area contributed by atoms with Crippen LogP contribution in [0.4, 0.5) is 0 Å². The Morgan fingerprint density at radius 1 is 1.00 bits per heavy atom. The molecule has 0 spiro atoms. The molecule has 0 aliphatic heterocycles. The highest BCUT2D eigenvalue weighted by Gasteiger charge is 2.13. The number of rotatable bonds is 4. The lowest BCUT2D eigenvalue weighted by Gasteiger charge is -2.09. The van der Waals surface area contributed by atoms with Crippen LogP contribution in [-0.2, 0) is 0 Å². The third kappa shape index (κ3) is 3.78. The number of aryl methyl sites for hydroxylation is 1. The first-order valence-corrected chi connectivity index (χ1v) is 8.91. The van der Waals surface area contributed by atoms with E-state index < -0.39 is 0 Å². The summed E-state index contributed by atoms with van der Waals surface area (Å²) in [6.07, 6.45) is 4.94. The van der Waals surface area contributed by atoms with Gasteiger partial charge in [0.1, 0.15) is 0 Å². The molecular formula is C23H18N4O. The Kier molecular flexibility index (Phi) is 4.89. The molecule has 0 fully saturated rings. The highest BCUT2D eigenvalue weighted by molar-refractivity contribution is 6.07. The molecule has 0 saturated heterocycles. The van der Waals surface area contributed by atoms with Gasteiger partial charge < -0.3 is 0 Å². The molecule has 1 N–H and O–H groups in total. The molecule has 28 heavy (non-hydrogen) atoms. The first-order chi connectivity index (χ1) is 13.7. The number of aromatic nitrogens is 2. The number of carbonyl (C=O) groups excluding carboxylic acids is 1. The van der Waals surface area contributed by atoms with Gasteiger partial charge in [0.25, 0.3) is 5.91 Å². The van der Waals surface area contributed by atoms with Gasteiger partial charge in [-0.15, -0.1) is 0 Å². The second-order valence-corrected chi connectivity index (χ2v) is 6.42. The lowest BCUT2D eigenvalue weighted by Crippen LogP contribution is -2.18. The van der Waals surface area contributed by atoms with Gasteiger partial charge in [0.05, 0.1) is 23.0 Å². The van der Waals surface area contributed by atoms with Gasteiger partial charge in [0.2, 0.25) is 0 Å². The van der Waals surface area contributed by atoms with Crippen molar-refractivity contribution in [3.8, 4) is 11.3 Å². The fraction of sp³-hybridized carbons (Fsp3) is 0.0435. The Morgan fingerprint density at radius 2 is 1.75 bits per heavy atom. The highest BCUT2D eigenvalue weighted by Crippen LogP contribution is 2.25. The maximum absolute atomic E-state index is 12.8. The SMILES string of the molecule is Cc1ccc(-c2cc(C(=O)N/N=C/c3ccncc3)c3ccccc3n2)cc1. The van der Waals surface area contributed by atoms with Crippen molar-refractivity contribution in [1.29, 1.82) is 0 Å². The van der Waals surface area contributed by atoms with E-state index in [2.05, 4.69) is 15.5 Å². The second-order valence-electron chi connectivity index (χ2n) is 6.42. The quantitative estimate of drug-likeness (QED) is 0.431. The minimum absolute atomic E-state index is 0.280. The Morgan fingerprint density at radius 3 is 2.54 bits per heavy atom. The van der Waals surface area contributed by atoms with Gasteiger partial charge in [-0.3, -0.25) is 9.78 Å². The summed E-state index contributed by atoms with van der Waals surface area (Å²) >= 11 is 0. The Balaban J connectivity index is 1.69. The van der Waals surface area contributed by atoms with Gasteiger partial charge in [0.15, 0.2) is 0 Å². The van der Waals surface area contributed by atoms with Gasteiger partial charge in [-0.05, 0) is 36.8 Å².